The maximum absolute atomic E-state index is 13.1. The molecule has 4 heterocycles. The van der Waals surface area contributed by atoms with Gasteiger partial charge < -0.3 is 4.90 Å². The summed E-state index contributed by atoms with van der Waals surface area (Å²) in [6, 6.07) is 14.8. The number of benzene rings is 1. The average molecular weight is 408 g/mol. The molecule has 142 valence electrons. The predicted octanol–water partition coefficient (Wildman–Crippen LogP) is 5.22. The highest BCUT2D eigenvalue weighted by molar-refractivity contribution is 7.15. The molecule has 1 aliphatic heterocycles. The molecule has 0 aliphatic carbocycles. The van der Waals surface area contributed by atoms with E-state index in [1.807, 2.05) is 26.9 Å². The largest absolute Gasteiger partial charge is 0.337 e. The van der Waals surface area contributed by atoms with Crippen LogP contribution in [0.15, 0.2) is 59.4 Å². The lowest BCUT2D eigenvalue weighted by Gasteiger charge is -2.32. The highest BCUT2D eigenvalue weighted by Gasteiger charge is 2.26. The van der Waals surface area contributed by atoms with Crippen LogP contribution in [0.2, 0.25) is 0 Å². The monoisotopic (exact) mass is 407 g/mol. The van der Waals surface area contributed by atoms with Crippen LogP contribution in [-0.2, 0) is 6.42 Å². The summed E-state index contributed by atoms with van der Waals surface area (Å²) in [4.78, 5) is 21.8. The van der Waals surface area contributed by atoms with Crippen LogP contribution in [0, 0.1) is 5.92 Å². The first-order valence-electron chi connectivity index (χ1n) is 9.61. The van der Waals surface area contributed by atoms with Gasteiger partial charge in [-0.05, 0) is 42.2 Å². The van der Waals surface area contributed by atoms with Crippen molar-refractivity contribution < 1.29 is 4.79 Å². The number of piperidine rings is 1. The molecule has 0 N–H and O–H groups in total. The fourth-order valence-electron chi connectivity index (χ4n) is 3.93. The van der Waals surface area contributed by atoms with Crippen LogP contribution in [-0.4, -0.2) is 33.3 Å². The number of thiophene rings is 1. The molecule has 0 radical (unpaired) electrons. The number of carbonyl (C=O) groups is 1. The molecule has 0 saturated carbocycles. The maximum Gasteiger partial charge on any atom is 0.271 e. The summed E-state index contributed by atoms with van der Waals surface area (Å²) in [5.41, 5.74) is 3.07. The quantitative estimate of drug-likeness (QED) is 0.465. The fourth-order valence-corrected chi connectivity index (χ4v) is 5.46. The Morgan fingerprint density at radius 3 is 2.64 bits per heavy atom. The Hall–Kier alpha value is -2.44. The predicted molar refractivity (Wildman–Crippen MR) is 115 cm³/mol. The van der Waals surface area contributed by atoms with Crippen molar-refractivity contribution >= 4 is 33.5 Å². The van der Waals surface area contributed by atoms with Crippen molar-refractivity contribution in [3.05, 3.63) is 70.7 Å². The molecule has 0 spiro atoms. The van der Waals surface area contributed by atoms with E-state index in [1.165, 1.54) is 16.9 Å². The summed E-state index contributed by atoms with van der Waals surface area (Å²) >= 11 is 3.21. The van der Waals surface area contributed by atoms with Crippen molar-refractivity contribution in [3.63, 3.8) is 0 Å². The molecule has 1 aliphatic rings. The van der Waals surface area contributed by atoms with Gasteiger partial charge in [-0.15, -0.1) is 22.7 Å². The van der Waals surface area contributed by atoms with Gasteiger partial charge in [0.1, 0.15) is 11.4 Å². The zero-order valence-corrected chi connectivity index (χ0v) is 17.1. The van der Waals surface area contributed by atoms with Crippen LogP contribution in [0.4, 0.5) is 0 Å². The Morgan fingerprint density at radius 2 is 1.89 bits per heavy atom. The van der Waals surface area contributed by atoms with Gasteiger partial charge in [0.05, 0.1) is 4.88 Å². The molecule has 5 rings (SSSR count). The number of fused-ring (bicyclic) bond motifs is 1. The summed E-state index contributed by atoms with van der Waals surface area (Å²) < 4.78 is 1.96. The second kappa shape index (κ2) is 7.53. The van der Waals surface area contributed by atoms with Gasteiger partial charge in [-0.2, -0.15) is 0 Å². The van der Waals surface area contributed by atoms with E-state index in [0.29, 0.717) is 5.92 Å². The van der Waals surface area contributed by atoms with Crippen LogP contribution in [0.1, 0.15) is 28.9 Å². The third-order valence-electron chi connectivity index (χ3n) is 5.47. The van der Waals surface area contributed by atoms with Crippen molar-refractivity contribution in [2.45, 2.75) is 19.3 Å². The van der Waals surface area contributed by atoms with E-state index in [2.05, 4.69) is 46.8 Å². The zero-order chi connectivity index (χ0) is 18.9. The molecule has 6 heteroatoms. The molecule has 4 nitrogen and oxygen atoms in total. The number of amides is 1. The Bertz CT molecular complexity index is 1070. The van der Waals surface area contributed by atoms with E-state index in [0.717, 1.165) is 53.6 Å². The van der Waals surface area contributed by atoms with Crippen LogP contribution in [0.5, 0.6) is 0 Å². The number of nitrogens with zero attached hydrogens (tertiary/aromatic N) is 3. The smallest absolute Gasteiger partial charge is 0.271 e. The van der Waals surface area contributed by atoms with E-state index < -0.39 is 0 Å². The summed E-state index contributed by atoms with van der Waals surface area (Å²) in [7, 11) is 0. The summed E-state index contributed by atoms with van der Waals surface area (Å²) in [5, 5.41) is 3.99. The van der Waals surface area contributed by atoms with E-state index >= 15 is 0 Å². The van der Waals surface area contributed by atoms with Crippen LogP contribution >= 0.6 is 22.7 Å². The molecule has 4 aromatic rings. The van der Waals surface area contributed by atoms with Crippen LogP contribution in [0.25, 0.3) is 15.5 Å². The van der Waals surface area contributed by atoms with Gasteiger partial charge in [-0.25, -0.2) is 4.98 Å². The standard InChI is InChI=1S/C22H21N3OS2/c26-21(24-10-8-17(9-11-24)13-16-5-2-1-3-6-16)19-15-28-22-23-18(14-25(19)22)20-7-4-12-27-20/h1-7,12,14-15,17H,8-11,13H2. The molecule has 28 heavy (non-hydrogen) atoms. The van der Waals surface area contributed by atoms with Gasteiger partial charge in [-0.3, -0.25) is 9.20 Å². The highest BCUT2D eigenvalue weighted by atomic mass is 32.1. The first kappa shape index (κ1) is 17.6. The molecule has 0 unspecified atom stereocenters. The zero-order valence-electron chi connectivity index (χ0n) is 15.5. The molecule has 1 saturated heterocycles. The number of hydrogen-bond donors (Lipinski definition) is 0. The lowest BCUT2D eigenvalue weighted by atomic mass is 9.90. The van der Waals surface area contributed by atoms with Crippen molar-refractivity contribution in [3.8, 4) is 10.6 Å². The Morgan fingerprint density at radius 1 is 1.07 bits per heavy atom. The van der Waals surface area contributed by atoms with Gasteiger partial charge >= 0.3 is 0 Å². The van der Waals surface area contributed by atoms with E-state index in [4.69, 9.17) is 0 Å². The minimum atomic E-state index is 0.125. The maximum atomic E-state index is 13.1. The lowest BCUT2D eigenvalue weighted by Crippen LogP contribution is -2.39. The highest BCUT2D eigenvalue weighted by Crippen LogP contribution is 2.28. The molecular weight excluding hydrogens is 386 g/mol. The van der Waals surface area contributed by atoms with Crippen molar-refractivity contribution in [2.75, 3.05) is 13.1 Å². The lowest BCUT2D eigenvalue weighted by molar-refractivity contribution is 0.0684. The van der Waals surface area contributed by atoms with Gasteiger partial charge in [0.2, 0.25) is 0 Å². The summed E-state index contributed by atoms with van der Waals surface area (Å²) in [6.07, 6.45) is 5.24. The average Bonchev–Trinajstić information content (AvgIpc) is 3.45. The molecule has 1 amide bonds. The third-order valence-corrected chi connectivity index (χ3v) is 7.20. The topological polar surface area (TPSA) is 37.6 Å². The number of rotatable bonds is 4. The normalized spacial score (nSPS) is 15.4. The van der Waals surface area contributed by atoms with Crippen molar-refractivity contribution in [1.82, 2.24) is 14.3 Å². The Labute approximate surface area is 172 Å². The minimum absolute atomic E-state index is 0.125. The molecular formula is C22H21N3OS2. The number of aromatic nitrogens is 2. The molecule has 0 atom stereocenters. The Balaban J connectivity index is 1.28. The minimum Gasteiger partial charge on any atom is -0.337 e. The molecule has 1 aromatic carbocycles. The molecule has 0 bridgehead atoms. The van der Waals surface area contributed by atoms with E-state index in [1.54, 1.807) is 11.3 Å². The Kier molecular flexibility index (Phi) is 4.74. The van der Waals surface area contributed by atoms with Gasteiger partial charge in [0.25, 0.3) is 5.91 Å². The third kappa shape index (κ3) is 3.38. The van der Waals surface area contributed by atoms with Crippen molar-refractivity contribution in [1.29, 1.82) is 0 Å². The first-order valence-corrected chi connectivity index (χ1v) is 11.4. The number of imidazole rings is 1. The second-order valence-corrected chi connectivity index (χ2v) is 9.09. The van der Waals surface area contributed by atoms with Gasteiger partial charge in [0, 0.05) is 24.7 Å². The van der Waals surface area contributed by atoms with Crippen LogP contribution in [0.3, 0.4) is 0 Å². The van der Waals surface area contributed by atoms with Gasteiger partial charge in [0.15, 0.2) is 4.96 Å². The van der Waals surface area contributed by atoms with Crippen molar-refractivity contribution in [2.24, 2.45) is 5.92 Å². The number of carbonyl (C=O) groups excluding carboxylic acids is 1. The number of likely N-dealkylation sites (tertiary alicyclic amines) is 1. The molecule has 1 fully saturated rings. The van der Waals surface area contributed by atoms with E-state index in [9.17, 15) is 4.79 Å². The molecule has 3 aromatic heterocycles. The number of thiazole rings is 1. The summed E-state index contributed by atoms with van der Waals surface area (Å²) in [6.45, 7) is 1.67. The number of hydrogen-bond acceptors (Lipinski definition) is 4. The second-order valence-electron chi connectivity index (χ2n) is 7.30. The fraction of sp³-hybridized carbons (Fsp3) is 0.273. The van der Waals surface area contributed by atoms with Gasteiger partial charge in [-0.1, -0.05) is 36.4 Å². The van der Waals surface area contributed by atoms with E-state index in [-0.39, 0.29) is 5.91 Å². The first-order chi connectivity index (χ1) is 13.8. The van der Waals surface area contributed by atoms with Crippen LogP contribution < -0.4 is 0 Å². The summed E-state index contributed by atoms with van der Waals surface area (Å²) in [5.74, 6) is 0.784. The SMILES string of the molecule is O=C(c1csc2nc(-c3cccs3)cn12)N1CCC(Cc2ccccc2)CC1.